The molecule has 0 saturated heterocycles. The van der Waals surface area contributed by atoms with Crippen molar-refractivity contribution in [3.8, 4) is 0 Å². The molecule has 0 aliphatic rings. The van der Waals surface area contributed by atoms with Crippen molar-refractivity contribution >= 4 is 14.7 Å². The lowest BCUT2D eigenvalue weighted by atomic mass is 10.1. The highest BCUT2D eigenvalue weighted by atomic mass is 28.4. The van der Waals surface area contributed by atoms with E-state index in [1.165, 1.54) is 12.1 Å². The molecule has 0 radical (unpaired) electrons. The number of nitrogens with zero attached hydrogens (tertiary/aromatic N) is 1. The van der Waals surface area contributed by atoms with E-state index in [1.54, 1.807) is 12.1 Å². The highest BCUT2D eigenvalue weighted by molar-refractivity contribution is 6.53. The largest absolute Gasteiger partial charge is 0.680 e. The lowest BCUT2D eigenvalue weighted by Gasteiger charge is -2.29. The number of hydrogen-bond acceptors (Lipinski definition) is 6. The molecule has 1 atom stereocenters. The van der Waals surface area contributed by atoms with E-state index in [0.717, 1.165) is 5.56 Å². The second kappa shape index (κ2) is 8.96. The van der Waals surface area contributed by atoms with Gasteiger partial charge in [-0.15, -0.1) is 0 Å². The van der Waals surface area contributed by atoms with Crippen molar-refractivity contribution in [1.29, 1.82) is 0 Å². The fourth-order valence-electron chi connectivity index (χ4n) is 1.91. The maximum atomic E-state index is 10.7. The van der Waals surface area contributed by atoms with Crippen LogP contribution in [0, 0.1) is 10.1 Å². The van der Waals surface area contributed by atoms with Gasteiger partial charge in [0.05, 0.1) is 11.0 Å². The summed E-state index contributed by atoms with van der Waals surface area (Å²) in [5, 5.41) is 10.7. The van der Waals surface area contributed by atoms with Crippen LogP contribution >= 0.6 is 0 Å². The van der Waals surface area contributed by atoms with Gasteiger partial charge in [0, 0.05) is 32.0 Å². The second-order valence-corrected chi connectivity index (χ2v) is 6.51. The zero-order chi connectivity index (χ0) is 16.6. The molecular formula is C14H23NO6Si. The van der Waals surface area contributed by atoms with Gasteiger partial charge >= 0.3 is 9.05 Å². The first-order chi connectivity index (χ1) is 10.5. The molecule has 1 aromatic rings. The van der Waals surface area contributed by atoms with Crippen LogP contribution in [0.1, 0.15) is 39.4 Å². The third-order valence-corrected chi connectivity index (χ3v) is 5.43. The first-order valence-corrected chi connectivity index (χ1v) is 8.95. The summed E-state index contributed by atoms with van der Waals surface area (Å²) in [5.74, 6) is 0. The monoisotopic (exact) mass is 329 g/mol. The fraction of sp³-hybridized carbons (Fsp3) is 0.571. The minimum absolute atomic E-state index is 0.0406. The Labute approximate surface area is 131 Å². The molecule has 0 N–H and O–H groups in total. The molecule has 0 spiro atoms. The van der Waals surface area contributed by atoms with E-state index in [9.17, 15) is 10.1 Å². The molecule has 0 aromatic heterocycles. The Morgan fingerprint density at radius 2 is 1.50 bits per heavy atom. The highest BCUT2D eigenvalue weighted by Gasteiger charge is 2.46. The molecule has 0 fully saturated rings. The van der Waals surface area contributed by atoms with Crippen LogP contribution in [0.15, 0.2) is 24.3 Å². The zero-order valence-corrected chi connectivity index (χ0v) is 14.4. The van der Waals surface area contributed by atoms with Gasteiger partial charge in [-0.2, -0.15) is 0 Å². The summed E-state index contributed by atoms with van der Waals surface area (Å²) >= 11 is 0. The van der Waals surface area contributed by atoms with Gasteiger partial charge in [0.15, 0.2) is 0 Å². The summed E-state index contributed by atoms with van der Waals surface area (Å²) in [6, 6.07) is 6.21. The zero-order valence-electron chi connectivity index (χ0n) is 13.4. The van der Waals surface area contributed by atoms with E-state index in [0.29, 0.717) is 19.8 Å². The van der Waals surface area contributed by atoms with Crippen LogP contribution in [0.2, 0.25) is 0 Å². The third-order valence-electron chi connectivity index (χ3n) is 2.86. The second-order valence-electron chi connectivity index (χ2n) is 4.41. The molecule has 7 nitrogen and oxygen atoms in total. The molecular weight excluding hydrogens is 306 g/mol. The van der Waals surface area contributed by atoms with Crippen molar-refractivity contribution in [3.63, 3.8) is 0 Å². The van der Waals surface area contributed by atoms with E-state index < -0.39 is 14.0 Å². The van der Waals surface area contributed by atoms with Gasteiger partial charge in [-0.3, -0.25) is 10.1 Å². The molecule has 0 heterocycles. The molecule has 0 saturated carbocycles. The van der Waals surface area contributed by atoms with Crippen molar-refractivity contribution in [2.75, 3.05) is 19.8 Å². The molecule has 0 amide bonds. The van der Waals surface area contributed by atoms with Gasteiger partial charge in [-0.05, 0) is 45.4 Å². The molecule has 1 aromatic carbocycles. The maximum absolute atomic E-state index is 10.7. The van der Waals surface area contributed by atoms with Crippen molar-refractivity contribution in [2.45, 2.75) is 33.8 Å². The number of hydrogen-bond donors (Lipinski definition) is 0. The average Bonchev–Trinajstić information content (AvgIpc) is 2.48. The van der Waals surface area contributed by atoms with Crippen molar-refractivity contribution in [3.05, 3.63) is 39.9 Å². The van der Waals surface area contributed by atoms with E-state index in [2.05, 4.69) is 0 Å². The summed E-state index contributed by atoms with van der Waals surface area (Å²) in [6.45, 7) is 8.62. The van der Waals surface area contributed by atoms with Crippen LogP contribution in [0.4, 0.5) is 5.69 Å². The molecule has 0 bridgehead atoms. The number of nitro groups is 1. The quantitative estimate of drug-likeness (QED) is 0.372. The Balaban J connectivity index is 2.88. The lowest BCUT2D eigenvalue weighted by molar-refractivity contribution is -0.384. The Morgan fingerprint density at radius 1 is 1.05 bits per heavy atom. The van der Waals surface area contributed by atoms with Crippen LogP contribution in [-0.2, 0) is 17.7 Å². The number of benzene rings is 1. The van der Waals surface area contributed by atoms with E-state index in [4.69, 9.17) is 17.7 Å². The molecule has 0 aliphatic heterocycles. The van der Waals surface area contributed by atoms with Crippen molar-refractivity contribution < 1.29 is 22.6 Å². The number of non-ortho nitro benzene ring substituents is 1. The van der Waals surface area contributed by atoms with Gasteiger partial charge in [0.25, 0.3) is 5.69 Å². The van der Waals surface area contributed by atoms with Gasteiger partial charge in [-0.25, -0.2) is 0 Å². The summed E-state index contributed by atoms with van der Waals surface area (Å²) < 4.78 is 22.8. The Morgan fingerprint density at radius 3 is 1.86 bits per heavy atom. The third kappa shape index (κ3) is 5.15. The van der Waals surface area contributed by atoms with Gasteiger partial charge < -0.3 is 17.7 Å². The molecule has 22 heavy (non-hydrogen) atoms. The SMILES string of the molecule is CCO[Si](OCC)(OCC)O[C@@H](C)c1ccc([N+](=O)[O-])cc1. The van der Waals surface area contributed by atoms with Crippen LogP contribution in [0.25, 0.3) is 0 Å². The minimum atomic E-state index is -3.21. The normalized spacial score (nSPS) is 13.1. The van der Waals surface area contributed by atoms with Crippen LogP contribution in [-0.4, -0.2) is 33.8 Å². The number of rotatable bonds is 10. The first-order valence-electron chi connectivity index (χ1n) is 7.32. The first kappa shape index (κ1) is 18.7. The minimum Gasteiger partial charge on any atom is -0.351 e. The maximum Gasteiger partial charge on any atom is 0.680 e. The topological polar surface area (TPSA) is 80.1 Å². The van der Waals surface area contributed by atoms with Gasteiger partial charge in [0.1, 0.15) is 0 Å². The molecule has 1 rings (SSSR count). The summed E-state index contributed by atoms with van der Waals surface area (Å²) in [7, 11) is -3.21. The summed E-state index contributed by atoms with van der Waals surface area (Å²) in [5.41, 5.74) is 0.834. The Kier molecular flexibility index (Phi) is 7.63. The van der Waals surface area contributed by atoms with Crippen LogP contribution in [0.3, 0.4) is 0 Å². The van der Waals surface area contributed by atoms with E-state index >= 15 is 0 Å². The van der Waals surface area contributed by atoms with E-state index in [1.807, 2.05) is 27.7 Å². The summed E-state index contributed by atoms with van der Waals surface area (Å²) in [4.78, 5) is 10.3. The predicted octanol–water partition coefficient (Wildman–Crippen LogP) is 3.22. The highest BCUT2D eigenvalue weighted by Crippen LogP contribution is 2.25. The van der Waals surface area contributed by atoms with Crippen LogP contribution in [0.5, 0.6) is 0 Å². The molecule has 0 aliphatic carbocycles. The van der Waals surface area contributed by atoms with Gasteiger partial charge in [-0.1, -0.05) is 0 Å². The standard InChI is InChI=1S/C14H23NO6Si/c1-5-18-22(19-6-2,20-7-3)21-12(4)13-8-10-14(11-9-13)15(16)17/h8-12H,5-7H2,1-4H3/t12-/m0/s1. The molecule has 0 unspecified atom stereocenters. The molecule has 8 heteroatoms. The number of nitro benzene ring substituents is 1. The van der Waals surface area contributed by atoms with Crippen molar-refractivity contribution in [1.82, 2.24) is 0 Å². The lowest BCUT2D eigenvalue weighted by Crippen LogP contribution is -2.49. The Bertz CT molecular complexity index is 450. The molecule has 124 valence electrons. The average molecular weight is 329 g/mol. The predicted molar refractivity (Wildman–Crippen MR) is 83.2 cm³/mol. The smallest absolute Gasteiger partial charge is 0.351 e. The van der Waals surface area contributed by atoms with Crippen LogP contribution < -0.4 is 0 Å². The van der Waals surface area contributed by atoms with Gasteiger partial charge in [0.2, 0.25) is 0 Å². The van der Waals surface area contributed by atoms with Crippen molar-refractivity contribution in [2.24, 2.45) is 0 Å². The Hall–Kier alpha value is -1.32. The fourth-order valence-corrected chi connectivity index (χ4v) is 3.99. The summed E-state index contributed by atoms with van der Waals surface area (Å²) in [6.07, 6.45) is -0.364. The van der Waals surface area contributed by atoms with E-state index in [-0.39, 0.29) is 11.8 Å².